The molecular weight excluding hydrogens is 425 g/mol. The lowest BCUT2D eigenvalue weighted by molar-refractivity contribution is -2.00. The van der Waals surface area contributed by atoms with Crippen molar-refractivity contribution in [1.82, 2.24) is 0 Å². The molecule has 1 aromatic carbocycles. The lowest BCUT2D eigenvalue weighted by Gasteiger charge is -2.17. The fourth-order valence-electron chi connectivity index (χ4n) is 2.56. The zero-order valence-corrected chi connectivity index (χ0v) is 16.2. The Bertz CT molecular complexity index is 1080. The molecule has 1 N–H and O–H groups in total. The molecule has 0 amide bonds. The predicted octanol–water partition coefficient (Wildman–Crippen LogP) is -2.08. The van der Waals surface area contributed by atoms with Gasteiger partial charge in [-0.25, -0.2) is 27.8 Å². The summed E-state index contributed by atoms with van der Waals surface area (Å²) >= 11 is 0. The first-order valence-electron chi connectivity index (χ1n) is 8.27. The molecule has 0 fully saturated rings. The molecule has 0 saturated heterocycles. The standard InChI is InChI=1S/C19H14FNO4.ClHO4/c1-2-25-19(24)14-9-12(11-21-8-4-3-5-16(14)21)18(23)15-10-13(20)6-7-17(15)22;2-1(3,4)5/h3-11H,2H2,1H3;(H,2,3,4,5). The molecule has 3 rings (SSSR count). The highest BCUT2D eigenvalue weighted by atomic mass is 35.7. The summed E-state index contributed by atoms with van der Waals surface area (Å²) in [5.74, 6) is -2.13. The van der Waals surface area contributed by atoms with Crippen LogP contribution in [0.2, 0.25) is 0 Å². The van der Waals surface area contributed by atoms with Gasteiger partial charge in [-0.05, 0) is 37.3 Å². The number of benzene rings is 1. The van der Waals surface area contributed by atoms with Gasteiger partial charge < -0.3 is 9.84 Å². The summed E-state index contributed by atoms with van der Waals surface area (Å²) in [5, 5.41) is 9.86. The maximum Gasteiger partial charge on any atom is 0.344 e. The number of halogens is 2. The van der Waals surface area contributed by atoms with Gasteiger partial charge in [-0.3, -0.25) is 4.79 Å². The quantitative estimate of drug-likeness (QED) is 0.275. The summed E-state index contributed by atoms with van der Waals surface area (Å²) in [5.41, 5.74) is 0.739. The van der Waals surface area contributed by atoms with E-state index in [4.69, 9.17) is 23.4 Å². The van der Waals surface area contributed by atoms with Gasteiger partial charge in [0.2, 0.25) is 11.3 Å². The summed E-state index contributed by atoms with van der Waals surface area (Å²) in [4.78, 5) is 24.9. The van der Waals surface area contributed by atoms with E-state index in [-0.39, 0.29) is 29.0 Å². The summed E-state index contributed by atoms with van der Waals surface area (Å²) in [6.07, 6.45) is 3.20. The number of rotatable bonds is 4. The number of esters is 1. The number of aromatic hydroxyl groups is 1. The minimum absolute atomic E-state index is 0.132. The number of phenolic OH excluding ortho intramolecular Hbond substituents is 1. The van der Waals surface area contributed by atoms with Gasteiger partial charge in [0.15, 0.2) is 12.4 Å². The molecule has 0 aliphatic rings. The Balaban J connectivity index is 0.000000575. The van der Waals surface area contributed by atoms with Crippen molar-refractivity contribution in [3.8, 4) is 5.75 Å². The summed E-state index contributed by atoms with van der Waals surface area (Å²) in [6.45, 7) is 1.88. The van der Waals surface area contributed by atoms with Crippen LogP contribution < -0.4 is 23.0 Å². The molecule has 11 heteroatoms. The van der Waals surface area contributed by atoms with Crippen LogP contribution in [0.15, 0.2) is 54.9 Å². The molecule has 0 radical (unpaired) electrons. The van der Waals surface area contributed by atoms with Crippen LogP contribution in [0, 0.1) is 16.1 Å². The van der Waals surface area contributed by atoms with Crippen molar-refractivity contribution in [2.24, 2.45) is 0 Å². The second-order valence-electron chi connectivity index (χ2n) is 5.72. The Morgan fingerprint density at radius 2 is 1.77 bits per heavy atom. The monoisotopic (exact) mass is 439 g/mol. The average Bonchev–Trinajstić information content (AvgIpc) is 2.67. The fraction of sp³-hybridized carbons (Fsp3) is 0.105. The van der Waals surface area contributed by atoms with Crippen LogP contribution in [0.3, 0.4) is 0 Å². The lowest BCUT2D eigenvalue weighted by atomic mass is 10.0. The molecule has 3 aromatic rings. The van der Waals surface area contributed by atoms with Gasteiger partial charge in [0.05, 0.1) is 17.7 Å². The highest BCUT2D eigenvalue weighted by molar-refractivity contribution is 6.11. The smallest absolute Gasteiger partial charge is 0.344 e. The number of ketones is 1. The van der Waals surface area contributed by atoms with E-state index in [1.165, 1.54) is 12.3 Å². The SMILES string of the molecule is CCOC(=O)c1cc(C(=O)c2cc(F)ccc2O)c[n+]2ccccc12.[O-][Cl+3]([O-])([O-])[O-]. The van der Waals surface area contributed by atoms with Gasteiger partial charge in [-0.1, -0.05) is 0 Å². The summed E-state index contributed by atoms with van der Waals surface area (Å²) in [6, 6.07) is 9.75. The predicted molar refractivity (Wildman–Crippen MR) is 87.1 cm³/mol. The normalized spacial score (nSPS) is 10.9. The van der Waals surface area contributed by atoms with E-state index in [0.717, 1.165) is 18.2 Å². The number of hydrogen-bond donors (Lipinski definition) is 1. The molecule has 2 aromatic heterocycles. The van der Waals surface area contributed by atoms with Crippen LogP contribution in [-0.4, -0.2) is 23.5 Å². The molecular formula is C19H15ClFNO8. The van der Waals surface area contributed by atoms with E-state index in [9.17, 15) is 19.1 Å². The Morgan fingerprint density at radius 1 is 1.10 bits per heavy atom. The van der Waals surface area contributed by atoms with Gasteiger partial charge >= 0.3 is 5.97 Å². The number of carbonyl (C=O) groups excluding carboxylic acids is 2. The number of carbonyl (C=O) groups is 2. The zero-order chi connectivity index (χ0) is 22.5. The largest absolute Gasteiger partial charge is 0.507 e. The van der Waals surface area contributed by atoms with Crippen molar-refractivity contribution in [3.05, 3.63) is 77.4 Å². The zero-order valence-electron chi connectivity index (χ0n) is 15.4. The van der Waals surface area contributed by atoms with Gasteiger partial charge in [0.25, 0.3) is 0 Å². The molecule has 0 saturated carbocycles. The van der Waals surface area contributed by atoms with Gasteiger partial charge in [0.1, 0.15) is 17.1 Å². The second kappa shape index (κ2) is 9.57. The van der Waals surface area contributed by atoms with Crippen molar-refractivity contribution in [3.63, 3.8) is 0 Å². The van der Waals surface area contributed by atoms with E-state index < -0.39 is 27.8 Å². The fourth-order valence-corrected chi connectivity index (χ4v) is 2.56. The third-order valence-electron chi connectivity index (χ3n) is 3.70. The third-order valence-corrected chi connectivity index (χ3v) is 3.70. The van der Waals surface area contributed by atoms with Crippen LogP contribution in [0.5, 0.6) is 5.75 Å². The van der Waals surface area contributed by atoms with Crippen molar-refractivity contribution < 1.29 is 57.1 Å². The van der Waals surface area contributed by atoms with Gasteiger partial charge in [0, 0.05) is 12.1 Å². The molecule has 9 nitrogen and oxygen atoms in total. The van der Waals surface area contributed by atoms with E-state index >= 15 is 0 Å². The van der Waals surface area contributed by atoms with Crippen molar-refractivity contribution in [2.75, 3.05) is 6.61 Å². The Labute approximate surface area is 171 Å². The number of nitrogens with zero attached hydrogens (tertiary/aromatic N) is 1. The molecule has 2 heterocycles. The van der Waals surface area contributed by atoms with E-state index in [0.29, 0.717) is 5.52 Å². The minimum atomic E-state index is -4.94. The molecule has 0 unspecified atom stereocenters. The van der Waals surface area contributed by atoms with Crippen molar-refractivity contribution in [1.29, 1.82) is 0 Å². The summed E-state index contributed by atoms with van der Waals surface area (Å²) < 4.78 is 54.1. The Hall–Kier alpha value is -3.15. The first-order chi connectivity index (χ1) is 14.0. The second-order valence-corrected chi connectivity index (χ2v) is 6.48. The molecule has 0 atom stereocenters. The number of pyridine rings is 2. The summed E-state index contributed by atoms with van der Waals surface area (Å²) in [7, 11) is -4.94. The molecule has 158 valence electrons. The number of hydrogen-bond acceptors (Lipinski definition) is 8. The van der Waals surface area contributed by atoms with Crippen LogP contribution in [0.4, 0.5) is 4.39 Å². The highest BCUT2D eigenvalue weighted by Crippen LogP contribution is 2.22. The van der Waals surface area contributed by atoms with Crippen LogP contribution >= 0.6 is 0 Å². The van der Waals surface area contributed by atoms with E-state index in [2.05, 4.69) is 0 Å². The first kappa shape index (κ1) is 23.1. The molecule has 0 aliphatic heterocycles. The number of fused-ring (bicyclic) bond motifs is 1. The maximum absolute atomic E-state index is 13.4. The number of phenols is 1. The third kappa shape index (κ3) is 6.17. The van der Waals surface area contributed by atoms with Crippen LogP contribution in [0.25, 0.3) is 5.52 Å². The van der Waals surface area contributed by atoms with Gasteiger partial charge in [-0.2, -0.15) is 4.40 Å². The molecule has 0 spiro atoms. The molecule has 0 aliphatic carbocycles. The lowest BCUT2D eigenvalue weighted by Crippen LogP contribution is -2.68. The Morgan fingerprint density at radius 3 is 2.40 bits per heavy atom. The van der Waals surface area contributed by atoms with Crippen molar-refractivity contribution in [2.45, 2.75) is 6.92 Å². The molecule has 30 heavy (non-hydrogen) atoms. The first-order valence-corrected chi connectivity index (χ1v) is 9.51. The van der Waals surface area contributed by atoms with Crippen molar-refractivity contribution >= 4 is 17.3 Å². The maximum atomic E-state index is 13.4. The van der Waals surface area contributed by atoms with Crippen LogP contribution in [0.1, 0.15) is 33.2 Å². The highest BCUT2D eigenvalue weighted by Gasteiger charge is 2.23. The van der Waals surface area contributed by atoms with Crippen LogP contribution in [-0.2, 0) is 4.74 Å². The van der Waals surface area contributed by atoms with E-state index in [1.807, 2.05) is 0 Å². The average molecular weight is 440 g/mol. The van der Waals surface area contributed by atoms with Gasteiger partial charge in [-0.15, -0.1) is 10.2 Å². The number of aromatic nitrogens is 1. The number of ether oxygens (including phenoxy) is 1. The van der Waals surface area contributed by atoms with E-state index in [1.54, 1.807) is 35.7 Å². The minimum Gasteiger partial charge on any atom is -0.507 e. The topological polar surface area (TPSA) is 160 Å². The molecule has 0 bridgehead atoms. The Kier molecular flexibility index (Phi) is 7.38.